The number of nitrogens with zero attached hydrogens (tertiary/aromatic N) is 2. The highest BCUT2D eigenvalue weighted by molar-refractivity contribution is 4.81. The van der Waals surface area contributed by atoms with Crippen molar-refractivity contribution in [2.24, 2.45) is 0 Å². The lowest BCUT2D eigenvalue weighted by atomic mass is 10.1. The molecule has 2 saturated heterocycles. The Morgan fingerprint density at radius 1 is 1.29 bits per heavy atom. The second-order valence-corrected chi connectivity index (χ2v) is 5.77. The molecule has 1 N–H and O–H groups in total. The fourth-order valence-corrected chi connectivity index (χ4v) is 3.35. The first-order chi connectivity index (χ1) is 8.29. The average Bonchev–Trinajstić information content (AvgIpc) is 2.97. The molecule has 2 heterocycles. The van der Waals surface area contributed by atoms with Crippen molar-refractivity contribution in [1.82, 2.24) is 15.1 Å². The second-order valence-electron chi connectivity index (χ2n) is 5.77. The molecule has 0 amide bonds. The van der Waals surface area contributed by atoms with Gasteiger partial charge in [0.15, 0.2) is 0 Å². The summed E-state index contributed by atoms with van der Waals surface area (Å²) in [5, 5.41) is 3.59. The second kappa shape index (κ2) is 6.72. The van der Waals surface area contributed by atoms with E-state index in [1.165, 1.54) is 64.8 Å². The molecule has 2 aliphatic rings. The van der Waals surface area contributed by atoms with Gasteiger partial charge in [0.1, 0.15) is 0 Å². The highest BCUT2D eigenvalue weighted by Crippen LogP contribution is 2.17. The number of hydrogen-bond acceptors (Lipinski definition) is 3. The van der Waals surface area contributed by atoms with Gasteiger partial charge in [-0.25, -0.2) is 0 Å². The Morgan fingerprint density at radius 3 is 2.88 bits per heavy atom. The Kier molecular flexibility index (Phi) is 5.26. The van der Waals surface area contributed by atoms with Gasteiger partial charge in [-0.15, -0.1) is 0 Å². The maximum absolute atomic E-state index is 3.59. The van der Waals surface area contributed by atoms with Crippen LogP contribution in [0.25, 0.3) is 0 Å². The third-order valence-corrected chi connectivity index (χ3v) is 4.45. The summed E-state index contributed by atoms with van der Waals surface area (Å²) < 4.78 is 0. The molecule has 0 spiro atoms. The molecule has 2 fully saturated rings. The zero-order chi connectivity index (χ0) is 12.1. The van der Waals surface area contributed by atoms with E-state index in [0.29, 0.717) is 0 Å². The minimum atomic E-state index is 0.795. The van der Waals surface area contributed by atoms with Crippen molar-refractivity contribution in [2.45, 2.75) is 51.1 Å². The van der Waals surface area contributed by atoms with E-state index in [4.69, 9.17) is 0 Å². The van der Waals surface area contributed by atoms with Crippen molar-refractivity contribution in [1.29, 1.82) is 0 Å². The topological polar surface area (TPSA) is 18.5 Å². The predicted octanol–water partition coefficient (Wildman–Crippen LogP) is 1.54. The molecular weight excluding hydrogens is 210 g/mol. The Labute approximate surface area is 107 Å². The van der Waals surface area contributed by atoms with E-state index < -0.39 is 0 Å². The Bertz CT molecular complexity index is 214. The van der Waals surface area contributed by atoms with E-state index >= 15 is 0 Å². The Balaban J connectivity index is 1.64. The van der Waals surface area contributed by atoms with E-state index in [1.54, 1.807) is 0 Å². The minimum Gasteiger partial charge on any atom is -0.314 e. The minimum absolute atomic E-state index is 0.795. The van der Waals surface area contributed by atoms with Crippen molar-refractivity contribution >= 4 is 0 Å². The third-order valence-electron chi connectivity index (χ3n) is 4.45. The summed E-state index contributed by atoms with van der Waals surface area (Å²) in [6, 6.07) is 1.62. The molecule has 0 aliphatic carbocycles. The summed E-state index contributed by atoms with van der Waals surface area (Å²) in [7, 11) is 2.29. The molecule has 3 heteroatoms. The van der Waals surface area contributed by atoms with Gasteiger partial charge in [0.25, 0.3) is 0 Å². The molecule has 0 radical (unpaired) electrons. The van der Waals surface area contributed by atoms with Gasteiger partial charge in [0, 0.05) is 18.6 Å². The fourth-order valence-electron chi connectivity index (χ4n) is 3.35. The van der Waals surface area contributed by atoms with E-state index in [2.05, 4.69) is 29.1 Å². The van der Waals surface area contributed by atoms with Crippen molar-refractivity contribution in [3.05, 3.63) is 0 Å². The SMILES string of the molecule is CCN1CCCC1CN(C)CCC1CCCN1. The van der Waals surface area contributed by atoms with Gasteiger partial charge >= 0.3 is 0 Å². The van der Waals surface area contributed by atoms with E-state index in [1.807, 2.05) is 0 Å². The lowest BCUT2D eigenvalue weighted by molar-refractivity contribution is 0.194. The zero-order valence-corrected chi connectivity index (χ0v) is 11.6. The normalized spacial score (nSPS) is 30.5. The lowest BCUT2D eigenvalue weighted by Gasteiger charge is -2.28. The molecule has 17 heavy (non-hydrogen) atoms. The smallest absolute Gasteiger partial charge is 0.0223 e. The number of likely N-dealkylation sites (N-methyl/N-ethyl adjacent to an activating group) is 2. The molecule has 0 aromatic rings. The molecule has 3 nitrogen and oxygen atoms in total. The largest absolute Gasteiger partial charge is 0.314 e. The highest BCUT2D eigenvalue weighted by Gasteiger charge is 2.24. The van der Waals surface area contributed by atoms with Gasteiger partial charge < -0.3 is 10.2 Å². The van der Waals surface area contributed by atoms with E-state index in [9.17, 15) is 0 Å². The summed E-state index contributed by atoms with van der Waals surface area (Å²) in [4.78, 5) is 5.18. The van der Waals surface area contributed by atoms with Gasteiger partial charge in [0.05, 0.1) is 0 Å². The first-order valence-electron chi connectivity index (χ1n) is 7.45. The Hall–Kier alpha value is -0.120. The van der Waals surface area contributed by atoms with E-state index in [0.717, 1.165) is 12.1 Å². The fraction of sp³-hybridized carbons (Fsp3) is 1.00. The monoisotopic (exact) mass is 239 g/mol. The molecule has 0 aromatic heterocycles. The van der Waals surface area contributed by atoms with Crippen LogP contribution in [0.3, 0.4) is 0 Å². The molecule has 2 rings (SSSR count). The quantitative estimate of drug-likeness (QED) is 0.758. The first kappa shape index (κ1) is 13.3. The summed E-state index contributed by atoms with van der Waals surface area (Å²) >= 11 is 0. The summed E-state index contributed by atoms with van der Waals surface area (Å²) in [6.45, 7) is 8.59. The maximum atomic E-state index is 3.59. The maximum Gasteiger partial charge on any atom is 0.0223 e. The van der Waals surface area contributed by atoms with Crippen LogP contribution in [0.1, 0.15) is 39.0 Å². The summed E-state index contributed by atoms with van der Waals surface area (Å²) in [6.07, 6.45) is 6.89. The van der Waals surface area contributed by atoms with Crippen LogP contribution >= 0.6 is 0 Å². The van der Waals surface area contributed by atoms with Crippen LogP contribution in [0.4, 0.5) is 0 Å². The molecule has 2 atom stereocenters. The van der Waals surface area contributed by atoms with Crippen molar-refractivity contribution < 1.29 is 0 Å². The van der Waals surface area contributed by atoms with Crippen LogP contribution in [-0.4, -0.2) is 61.7 Å². The molecule has 100 valence electrons. The highest BCUT2D eigenvalue weighted by atomic mass is 15.2. The first-order valence-corrected chi connectivity index (χ1v) is 7.45. The average molecular weight is 239 g/mol. The van der Waals surface area contributed by atoms with E-state index in [-0.39, 0.29) is 0 Å². The van der Waals surface area contributed by atoms with Crippen LogP contribution in [0, 0.1) is 0 Å². The number of hydrogen-bond donors (Lipinski definition) is 1. The number of rotatable bonds is 6. The standard InChI is InChI=1S/C14H29N3/c1-3-17-10-5-7-14(17)12-16(2)11-8-13-6-4-9-15-13/h13-15H,3-12H2,1-2H3. The Morgan fingerprint density at radius 2 is 2.18 bits per heavy atom. The van der Waals surface area contributed by atoms with Crippen LogP contribution in [-0.2, 0) is 0 Å². The van der Waals surface area contributed by atoms with Crippen molar-refractivity contribution in [3.8, 4) is 0 Å². The predicted molar refractivity (Wildman–Crippen MR) is 73.4 cm³/mol. The molecule has 0 aromatic carbocycles. The van der Waals surface area contributed by atoms with Crippen molar-refractivity contribution in [2.75, 3.05) is 39.8 Å². The van der Waals surface area contributed by atoms with Gasteiger partial charge in [-0.05, 0) is 65.3 Å². The van der Waals surface area contributed by atoms with Crippen molar-refractivity contribution in [3.63, 3.8) is 0 Å². The third kappa shape index (κ3) is 3.94. The summed E-state index contributed by atoms with van der Waals surface area (Å²) in [5.74, 6) is 0. The molecule has 2 aliphatic heterocycles. The molecule has 0 bridgehead atoms. The number of likely N-dealkylation sites (tertiary alicyclic amines) is 1. The molecular formula is C14H29N3. The summed E-state index contributed by atoms with van der Waals surface area (Å²) in [5.41, 5.74) is 0. The lowest BCUT2D eigenvalue weighted by Crippen LogP contribution is -2.40. The van der Waals surface area contributed by atoms with Crippen LogP contribution in [0.15, 0.2) is 0 Å². The van der Waals surface area contributed by atoms with Crippen LogP contribution < -0.4 is 5.32 Å². The molecule has 2 unspecified atom stereocenters. The van der Waals surface area contributed by atoms with Gasteiger partial charge in [0.2, 0.25) is 0 Å². The van der Waals surface area contributed by atoms with Gasteiger partial charge in [-0.1, -0.05) is 6.92 Å². The van der Waals surface area contributed by atoms with Crippen LogP contribution in [0.5, 0.6) is 0 Å². The number of nitrogens with one attached hydrogen (secondary N) is 1. The zero-order valence-electron chi connectivity index (χ0n) is 11.6. The molecule has 0 saturated carbocycles. The van der Waals surface area contributed by atoms with Crippen LogP contribution in [0.2, 0.25) is 0 Å². The van der Waals surface area contributed by atoms with Gasteiger partial charge in [-0.2, -0.15) is 0 Å². The van der Waals surface area contributed by atoms with Gasteiger partial charge in [-0.3, -0.25) is 4.90 Å².